The Bertz CT molecular complexity index is 520. The number of hydrogen-bond acceptors (Lipinski definition) is 4. The summed E-state index contributed by atoms with van der Waals surface area (Å²) in [6.45, 7) is 6.59. The van der Waals surface area contributed by atoms with E-state index in [9.17, 15) is 0 Å². The van der Waals surface area contributed by atoms with Gasteiger partial charge in [-0.1, -0.05) is 26.2 Å². The minimum absolute atomic E-state index is 1.14. The number of thiophene rings is 1. The summed E-state index contributed by atoms with van der Waals surface area (Å²) in [7, 11) is 0. The van der Waals surface area contributed by atoms with Crippen LogP contribution in [0.1, 0.15) is 43.0 Å². The van der Waals surface area contributed by atoms with E-state index < -0.39 is 0 Å². The van der Waals surface area contributed by atoms with Gasteiger partial charge in [0.2, 0.25) is 0 Å². The summed E-state index contributed by atoms with van der Waals surface area (Å²) < 4.78 is 0. The van der Waals surface area contributed by atoms with Gasteiger partial charge in [-0.2, -0.15) is 0 Å². The molecule has 0 radical (unpaired) electrons. The van der Waals surface area contributed by atoms with Gasteiger partial charge in [0, 0.05) is 10.3 Å². The quantitative estimate of drug-likeness (QED) is 0.424. The fourth-order valence-electron chi connectivity index (χ4n) is 1.96. The van der Waals surface area contributed by atoms with Gasteiger partial charge in [-0.15, -0.1) is 23.1 Å². The Morgan fingerprint density at radius 2 is 2.00 bits per heavy atom. The summed E-state index contributed by atoms with van der Waals surface area (Å²) in [5.41, 5.74) is 1.35. The lowest BCUT2D eigenvalue weighted by molar-refractivity contribution is 0.706. The highest BCUT2D eigenvalue weighted by atomic mass is 32.2. The summed E-state index contributed by atoms with van der Waals surface area (Å²) in [6, 6.07) is 0. The van der Waals surface area contributed by atoms with Crippen LogP contribution in [0.4, 0.5) is 0 Å². The van der Waals surface area contributed by atoms with Crippen LogP contribution in [-0.4, -0.2) is 15.7 Å². The second-order valence-electron chi connectivity index (χ2n) is 4.55. The molecule has 0 saturated heterocycles. The van der Waals surface area contributed by atoms with Crippen LogP contribution in [0.5, 0.6) is 0 Å². The average Bonchev–Trinajstić information content (AvgIpc) is 2.66. The molecule has 0 aliphatic rings. The zero-order valence-electron chi connectivity index (χ0n) is 11.3. The standard InChI is InChI=1S/C14H20N2S2/c1-4-5-6-7-8-17-13-12-10(2)11(3)18-14(12)16-9-15-13/h9H,4-8H2,1-3H3. The van der Waals surface area contributed by atoms with Crippen LogP contribution in [0.25, 0.3) is 10.2 Å². The summed E-state index contributed by atoms with van der Waals surface area (Å²) >= 11 is 3.66. The van der Waals surface area contributed by atoms with Gasteiger partial charge in [0.05, 0.1) is 0 Å². The van der Waals surface area contributed by atoms with E-state index in [2.05, 4.69) is 30.7 Å². The lowest BCUT2D eigenvalue weighted by atomic mass is 10.2. The van der Waals surface area contributed by atoms with Crippen molar-refractivity contribution in [2.24, 2.45) is 0 Å². The van der Waals surface area contributed by atoms with E-state index in [0.29, 0.717) is 0 Å². The number of fused-ring (bicyclic) bond motifs is 1. The molecule has 0 spiro atoms. The molecular weight excluding hydrogens is 260 g/mol. The van der Waals surface area contributed by atoms with Crippen molar-refractivity contribution in [3.8, 4) is 0 Å². The molecule has 0 bridgehead atoms. The Labute approximate surface area is 117 Å². The molecule has 2 aromatic heterocycles. The highest BCUT2D eigenvalue weighted by Gasteiger charge is 2.11. The first-order valence-corrected chi connectivity index (χ1v) is 8.37. The maximum Gasteiger partial charge on any atom is 0.128 e. The van der Waals surface area contributed by atoms with Crippen LogP contribution in [-0.2, 0) is 0 Å². The third-order valence-electron chi connectivity index (χ3n) is 3.17. The molecule has 2 nitrogen and oxygen atoms in total. The zero-order chi connectivity index (χ0) is 13.0. The molecule has 2 aromatic rings. The summed E-state index contributed by atoms with van der Waals surface area (Å²) in [4.78, 5) is 11.3. The lowest BCUT2D eigenvalue weighted by Crippen LogP contribution is -1.87. The molecular formula is C14H20N2S2. The van der Waals surface area contributed by atoms with E-state index in [1.165, 1.54) is 52.3 Å². The van der Waals surface area contributed by atoms with Gasteiger partial charge in [0.15, 0.2) is 0 Å². The van der Waals surface area contributed by atoms with E-state index >= 15 is 0 Å². The number of hydrogen-bond donors (Lipinski definition) is 0. The molecule has 2 rings (SSSR count). The van der Waals surface area contributed by atoms with E-state index in [1.54, 1.807) is 17.7 Å². The normalized spacial score (nSPS) is 11.3. The van der Waals surface area contributed by atoms with Gasteiger partial charge in [-0.05, 0) is 31.6 Å². The van der Waals surface area contributed by atoms with Crippen LogP contribution in [0.3, 0.4) is 0 Å². The number of nitrogens with zero attached hydrogens (tertiary/aromatic N) is 2. The van der Waals surface area contributed by atoms with E-state index in [-0.39, 0.29) is 0 Å². The molecule has 18 heavy (non-hydrogen) atoms. The van der Waals surface area contributed by atoms with Crippen molar-refractivity contribution in [2.75, 3.05) is 5.75 Å². The third-order valence-corrected chi connectivity index (χ3v) is 5.36. The lowest BCUT2D eigenvalue weighted by Gasteiger charge is -2.03. The van der Waals surface area contributed by atoms with Gasteiger partial charge in [0.1, 0.15) is 16.2 Å². The minimum atomic E-state index is 1.14. The first kappa shape index (κ1) is 13.8. The highest BCUT2D eigenvalue weighted by molar-refractivity contribution is 7.99. The zero-order valence-corrected chi connectivity index (χ0v) is 13.0. The second kappa shape index (κ2) is 6.53. The molecule has 0 N–H and O–H groups in total. The van der Waals surface area contributed by atoms with Crippen LogP contribution in [0, 0.1) is 13.8 Å². The number of aromatic nitrogens is 2. The van der Waals surface area contributed by atoms with Crippen molar-refractivity contribution in [3.63, 3.8) is 0 Å². The fraction of sp³-hybridized carbons (Fsp3) is 0.571. The van der Waals surface area contributed by atoms with E-state index in [0.717, 1.165) is 4.83 Å². The molecule has 0 unspecified atom stereocenters. The Balaban J connectivity index is 2.08. The SMILES string of the molecule is CCCCCCSc1ncnc2sc(C)c(C)c12. The van der Waals surface area contributed by atoms with Gasteiger partial charge in [-0.25, -0.2) is 9.97 Å². The van der Waals surface area contributed by atoms with Gasteiger partial charge >= 0.3 is 0 Å². The van der Waals surface area contributed by atoms with Gasteiger partial charge in [0.25, 0.3) is 0 Å². The highest BCUT2D eigenvalue weighted by Crippen LogP contribution is 2.34. The van der Waals surface area contributed by atoms with Crippen LogP contribution < -0.4 is 0 Å². The molecule has 0 aromatic carbocycles. The first-order valence-electron chi connectivity index (χ1n) is 6.57. The molecule has 0 aliphatic heterocycles. The summed E-state index contributed by atoms with van der Waals surface area (Å²) in [6.07, 6.45) is 6.96. The van der Waals surface area contributed by atoms with Gasteiger partial charge < -0.3 is 0 Å². The average molecular weight is 280 g/mol. The summed E-state index contributed by atoms with van der Waals surface area (Å²) in [5.74, 6) is 1.17. The van der Waals surface area contributed by atoms with Crippen molar-refractivity contribution >= 4 is 33.3 Å². The fourth-order valence-corrected chi connectivity index (χ4v) is 4.08. The Morgan fingerprint density at radius 3 is 2.78 bits per heavy atom. The van der Waals surface area contributed by atoms with E-state index in [4.69, 9.17) is 0 Å². The first-order chi connectivity index (χ1) is 8.74. The Morgan fingerprint density at radius 1 is 1.17 bits per heavy atom. The molecule has 0 fully saturated rings. The molecule has 4 heteroatoms. The third kappa shape index (κ3) is 3.04. The largest absolute Gasteiger partial charge is 0.229 e. The Hall–Kier alpha value is -0.610. The maximum atomic E-state index is 4.46. The smallest absolute Gasteiger partial charge is 0.128 e. The predicted octanol–water partition coefficient (Wildman–Crippen LogP) is 4.98. The minimum Gasteiger partial charge on any atom is -0.229 e. The second-order valence-corrected chi connectivity index (χ2v) is 6.84. The maximum absolute atomic E-state index is 4.46. The number of aryl methyl sites for hydroxylation is 2. The molecule has 0 atom stereocenters. The Kier molecular flexibility index (Phi) is 5.01. The van der Waals surface area contributed by atoms with Crippen molar-refractivity contribution in [3.05, 3.63) is 16.8 Å². The van der Waals surface area contributed by atoms with Crippen LogP contribution in [0.15, 0.2) is 11.4 Å². The molecule has 2 heterocycles. The molecule has 0 aliphatic carbocycles. The molecule has 0 amide bonds. The summed E-state index contributed by atoms with van der Waals surface area (Å²) in [5, 5.41) is 2.44. The van der Waals surface area contributed by atoms with Gasteiger partial charge in [-0.3, -0.25) is 0 Å². The van der Waals surface area contributed by atoms with Crippen LogP contribution in [0.2, 0.25) is 0 Å². The van der Waals surface area contributed by atoms with Crippen molar-refractivity contribution in [2.45, 2.75) is 51.5 Å². The number of rotatable bonds is 6. The topological polar surface area (TPSA) is 25.8 Å². The van der Waals surface area contributed by atoms with E-state index in [1.807, 2.05) is 11.8 Å². The van der Waals surface area contributed by atoms with Crippen molar-refractivity contribution < 1.29 is 0 Å². The van der Waals surface area contributed by atoms with Crippen molar-refractivity contribution in [1.82, 2.24) is 9.97 Å². The van der Waals surface area contributed by atoms with Crippen LogP contribution >= 0.6 is 23.1 Å². The molecule has 0 saturated carbocycles. The molecule has 98 valence electrons. The number of thioether (sulfide) groups is 1. The number of unbranched alkanes of at least 4 members (excludes halogenated alkanes) is 3. The van der Waals surface area contributed by atoms with Crippen molar-refractivity contribution in [1.29, 1.82) is 0 Å². The monoisotopic (exact) mass is 280 g/mol. The predicted molar refractivity (Wildman–Crippen MR) is 81.8 cm³/mol.